The first-order valence-corrected chi connectivity index (χ1v) is 10.4. The van der Waals surface area contributed by atoms with Gasteiger partial charge in [-0.05, 0) is 47.5 Å². The first kappa shape index (κ1) is 25.4. The average Bonchev–Trinajstić information content (AvgIpc) is 2.86. The molecule has 0 unspecified atom stereocenters. The Bertz CT molecular complexity index is 1210. The number of benzene rings is 3. The minimum absolute atomic E-state index is 0.165. The zero-order chi connectivity index (χ0) is 25.6. The molecule has 7 nitrogen and oxygen atoms in total. The molecule has 0 bridgehead atoms. The Morgan fingerprint density at radius 2 is 1.63 bits per heavy atom. The van der Waals surface area contributed by atoms with Gasteiger partial charge in [0.05, 0.1) is 17.7 Å². The summed E-state index contributed by atoms with van der Waals surface area (Å²) in [6, 6.07) is 17.5. The highest BCUT2D eigenvalue weighted by atomic mass is 19.4. The number of hydrogen-bond acceptors (Lipinski definition) is 5. The zero-order valence-electron chi connectivity index (χ0n) is 18.6. The van der Waals surface area contributed by atoms with E-state index in [1.165, 1.54) is 30.3 Å². The molecule has 182 valence electrons. The molecule has 0 atom stereocenters. The van der Waals surface area contributed by atoms with E-state index < -0.39 is 23.6 Å². The second-order valence-corrected chi connectivity index (χ2v) is 7.75. The van der Waals surface area contributed by atoms with Crippen LogP contribution in [0.15, 0.2) is 72.8 Å². The number of imide groups is 1. The Kier molecular flexibility index (Phi) is 7.87. The van der Waals surface area contributed by atoms with Crippen molar-refractivity contribution < 1.29 is 32.8 Å². The molecule has 0 fully saturated rings. The molecule has 0 heterocycles. The SMILES string of the molecule is CN(Cc1ccc(C(=O)NO)cc1)c1ccccc1C(=O)N(C=O)Cc1cccc(C(F)(F)F)c1. The molecule has 3 aromatic rings. The van der Waals surface area contributed by atoms with Gasteiger partial charge in [0.1, 0.15) is 0 Å². The van der Waals surface area contributed by atoms with Gasteiger partial charge < -0.3 is 4.90 Å². The summed E-state index contributed by atoms with van der Waals surface area (Å²) in [4.78, 5) is 38.9. The van der Waals surface area contributed by atoms with Gasteiger partial charge in [-0.2, -0.15) is 13.2 Å². The van der Waals surface area contributed by atoms with Crippen molar-refractivity contribution >= 4 is 23.9 Å². The van der Waals surface area contributed by atoms with Crippen LogP contribution >= 0.6 is 0 Å². The van der Waals surface area contributed by atoms with Gasteiger partial charge in [-0.1, -0.05) is 36.4 Å². The number of hydroxylamine groups is 1. The highest BCUT2D eigenvalue weighted by Gasteiger charge is 2.30. The molecule has 0 saturated heterocycles. The monoisotopic (exact) mass is 485 g/mol. The molecule has 0 aromatic heterocycles. The number of para-hydroxylation sites is 1. The summed E-state index contributed by atoms with van der Waals surface area (Å²) in [5.74, 6) is -1.30. The van der Waals surface area contributed by atoms with Crippen molar-refractivity contribution in [3.63, 3.8) is 0 Å². The third-order valence-corrected chi connectivity index (χ3v) is 5.28. The second-order valence-electron chi connectivity index (χ2n) is 7.75. The first-order valence-electron chi connectivity index (χ1n) is 10.4. The summed E-state index contributed by atoms with van der Waals surface area (Å²) in [6.07, 6.45) is -4.24. The Morgan fingerprint density at radius 3 is 2.26 bits per heavy atom. The van der Waals surface area contributed by atoms with Crippen molar-refractivity contribution in [2.24, 2.45) is 0 Å². The van der Waals surface area contributed by atoms with Crippen LogP contribution < -0.4 is 10.4 Å². The number of rotatable bonds is 8. The van der Waals surface area contributed by atoms with Crippen LogP contribution in [0.3, 0.4) is 0 Å². The molecule has 0 aliphatic carbocycles. The van der Waals surface area contributed by atoms with E-state index in [0.29, 0.717) is 18.6 Å². The Labute approximate surface area is 199 Å². The predicted molar refractivity (Wildman–Crippen MR) is 122 cm³/mol. The van der Waals surface area contributed by atoms with Crippen molar-refractivity contribution in [3.8, 4) is 0 Å². The standard InChI is InChI=1S/C25H22F3N3O4/c1-30(14-17-9-11-19(12-10-17)23(33)29-35)22-8-3-2-7-21(22)24(34)31(16-32)15-18-5-4-6-20(13-18)25(26,27)28/h2-13,16,35H,14-15H2,1H3,(H,29,33). The van der Waals surface area contributed by atoms with E-state index in [4.69, 9.17) is 5.21 Å². The van der Waals surface area contributed by atoms with E-state index in [0.717, 1.165) is 22.6 Å². The number of alkyl halides is 3. The largest absolute Gasteiger partial charge is 0.416 e. The molecule has 10 heteroatoms. The molecule has 0 aliphatic rings. The lowest BCUT2D eigenvalue weighted by molar-refractivity contribution is -0.137. The summed E-state index contributed by atoms with van der Waals surface area (Å²) < 4.78 is 39.1. The molecule has 0 saturated carbocycles. The summed E-state index contributed by atoms with van der Waals surface area (Å²) in [6.45, 7) is 0.0265. The van der Waals surface area contributed by atoms with Gasteiger partial charge in [0.15, 0.2) is 0 Å². The maximum Gasteiger partial charge on any atom is 0.416 e. The maximum absolute atomic E-state index is 13.2. The summed E-state index contributed by atoms with van der Waals surface area (Å²) in [5, 5.41) is 8.72. The third-order valence-electron chi connectivity index (χ3n) is 5.28. The Hall–Kier alpha value is -4.18. The van der Waals surface area contributed by atoms with Crippen LogP contribution in [0.25, 0.3) is 0 Å². The fourth-order valence-electron chi connectivity index (χ4n) is 3.53. The quantitative estimate of drug-likeness (QED) is 0.283. The highest BCUT2D eigenvalue weighted by molar-refractivity contribution is 6.04. The smallest absolute Gasteiger partial charge is 0.370 e. The molecule has 3 amide bonds. The van der Waals surface area contributed by atoms with Crippen LogP contribution in [0.1, 0.15) is 37.4 Å². The van der Waals surface area contributed by atoms with Crippen LogP contribution in [0.4, 0.5) is 18.9 Å². The number of hydrogen-bond donors (Lipinski definition) is 2. The number of carbonyl (C=O) groups is 3. The minimum atomic E-state index is -4.54. The molecule has 3 aromatic carbocycles. The number of nitrogens with one attached hydrogen (secondary N) is 1. The summed E-state index contributed by atoms with van der Waals surface area (Å²) in [7, 11) is 1.73. The molecular formula is C25H22F3N3O4. The average molecular weight is 485 g/mol. The third kappa shape index (κ3) is 6.24. The molecule has 0 spiro atoms. The lowest BCUT2D eigenvalue weighted by Crippen LogP contribution is -2.31. The van der Waals surface area contributed by atoms with E-state index in [-0.39, 0.29) is 23.2 Å². The molecule has 2 N–H and O–H groups in total. The van der Waals surface area contributed by atoms with Gasteiger partial charge in [-0.15, -0.1) is 0 Å². The van der Waals surface area contributed by atoms with Gasteiger partial charge >= 0.3 is 6.18 Å². The Morgan fingerprint density at radius 1 is 0.943 bits per heavy atom. The van der Waals surface area contributed by atoms with Crippen molar-refractivity contribution in [2.75, 3.05) is 11.9 Å². The minimum Gasteiger partial charge on any atom is -0.370 e. The lowest BCUT2D eigenvalue weighted by Gasteiger charge is -2.24. The van der Waals surface area contributed by atoms with Gasteiger partial charge in [0, 0.05) is 24.8 Å². The van der Waals surface area contributed by atoms with Crippen molar-refractivity contribution in [1.29, 1.82) is 0 Å². The van der Waals surface area contributed by atoms with Crippen LogP contribution in [-0.4, -0.2) is 35.4 Å². The van der Waals surface area contributed by atoms with Crippen LogP contribution in [-0.2, 0) is 24.1 Å². The van der Waals surface area contributed by atoms with Crippen molar-refractivity contribution in [1.82, 2.24) is 10.4 Å². The number of nitrogens with zero attached hydrogens (tertiary/aromatic N) is 2. The number of halogens is 3. The van der Waals surface area contributed by atoms with Gasteiger partial charge in [0.2, 0.25) is 6.41 Å². The maximum atomic E-state index is 13.2. The normalized spacial score (nSPS) is 11.0. The first-order chi connectivity index (χ1) is 16.6. The summed E-state index contributed by atoms with van der Waals surface area (Å²) >= 11 is 0. The second kappa shape index (κ2) is 10.8. The fourth-order valence-corrected chi connectivity index (χ4v) is 3.53. The topological polar surface area (TPSA) is 90.0 Å². The Balaban J connectivity index is 1.80. The van der Waals surface area contributed by atoms with E-state index in [2.05, 4.69) is 0 Å². The zero-order valence-corrected chi connectivity index (χ0v) is 18.6. The highest BCUT2D eigenvalue weighted by Crippen LogP contribution is 2.30. The van der Waals surface area contributed by atoms with E-state index in [1.54, 1.807) is 47.8 Å². The van der Waals surface area contributed by atoms with Crippen LogP contribution in [0.5, 0.6) is 0 Å². The molecule has 0 aliphatic heterocycles. The van der Waals surface area contributed by atoms with Gasteiger partial charge in [-0.3, -0.25) is 24.5 Å². The van der Waals surface area contributed by atoms with Crippen LogP contribution in [0, 0.1) is 0 Å². The lowest BCUT2D eigenvalue weighted by atomic mass is 10.1. The number of anilines is 1. The van der Waals surface area contributed by atoms with E-state index in [9.17, 15) is 27.6 Å². The fraction of sp³-hybridized carbons (Fsp3) is 0.160. The number of amides is 3. The molecule has 35 heavy (non-hydrogen) atoms. The summed E-state index contributed by atoms with van der Waals surface area (Å²) in [5.41, 5.74) is 2.64. The van der Waals surface area contributed by atoms with E-state index >= 15 is 0 Å². The van der Waals surface area contributed by atoms with E-state index in [1.807, 2.05) is 0 Å². The van der Waals surface area contributed by atoms with Gasteiger partial charge in [-0.25, -0.2) is 5.48 Å². The predicted octanol–water partition coefficient (Wildman–Crippen LogP) is 4.26. The molecular weight excluding hydrogens is 463 g/mol. The molecule has 3 rings (SSSR count). The molecule has 0 radical (unpaired) electrons. The van der Waals surface area contributed by atoms with Gasteiger partial charge in [0.25, 0.3) is 11.8 Å². The van der Waals surface area contributed by atoms with Crippen molar-refractivity contribution in [3.05, 3.63) is 101 Å². The van der Waals surface area contributed by atoms with Crippen LogP contribution in [0.2, 0.25) is 0 Å². The number of carbonyl (C=O) groups excluding carboxylic acids is 3. The van der Waals surface area contributed by atoms with Crippen molar-refractivity contribution in [2.45, 2.75) is 19.3 Å².